The van der Waals surface area contributed by atoms with E-state index in [0.717, 1.165) is 12.1 Å². The van der Waals surface area contributed by atoms with Crippen LogP contribution in [0.5, 0.6) is 0 Å². The first kappa shape index (κ1) is 11.5. The highest BCUT2D eigenvalue weighted by atomic mass is 19.4. The van der Waals surface area contributed by atoms with Crippen LogP contribution >= 0.6 is 0 Å². The Balaban J connectivity index is 2.69. The molecule has 0 unspecified atom stereocenters. The number of benzene rings is 1. The maximum atomic E-state index is 12.1. The van der Waals surface area contributed by atoms with Gasteiger partial charge >= 0.3 is 6.18 Å². The third kappa shape index (κ3) is 3.57. The first-order chi connectivity index (χ1) is 6.89. The lowest BCUT2D eigenvalue weighted by Crippen LogP contribution is -2.06. The molecule has 0 aliphatic heterocycles. The molecular weight excluding hydrogens is 211 g/mol. The van der Waals surface area contributed by atoms with E-state index in [1.165, 1.54) is 12.1 Å². The molecule has 0 aliphatic carbocycles. The minimum absolute atomic E-state index is 0.144. The molecule has 0 saturated carbocycles. The number of nitrogens with zero attached hydrogens (tertiary/aromatic N) is 1. The average molecular weight is 219 g/mol. The Bertz CT molecular complexity index is 345. The minimum atomic E-state index is -4.36. The van der Waals surface area contributed by atoms with Gasteiger partial charge in [-0.05, 0) is 17.7 Å². The van der Waals surface area contributed by atoms with Crippen LogP contribution in [0.15, 0.2) is 24.3 Å². The van der Waals surface area contributed by atoms with Crippen molar-refractivity contribution in [1.29, 1.82) is 0 Å². The van der Waals surface area contributed by atoms with Gasteiger partial charge in [-0.2, -0.15) is 13.2 Å². The second-order valence-electron chi connectivity index (χ2n) is 3.00. The summed E-state index contributed by atoms with van der Waals surface area (Å²) in [6.07, 6.45) is -4.22. The third-order valence-corrected chi connectivity index (χ3v) is 1.86. The lowest BCUT2D eigenvalue weighted by atomic mass is 10.1. The zero-order valence-corrected chi connectivity index (χ0v) is 7.62. The minimum Gasteiger partial charge on any atom is -0.265 e. The van der Waals surface area contributed by atoms with E-state index in [1.54, 1.807) is 0 Å². The monoisotopic (exact) mass is 219 g/mol. The van der Waals surface area contributed by atoms with Gasteiger partial charge < -0.3 is 0 Å². The van der Waals surface area contributed by atoms with E-state index in [9.17, 15) is 23.3 Å². The normalized spacial score (nSPS) is 11.4. The Morgan fingerprint density at radius 1 is 1.20 bits per heavy atom. The van der Waals surface area contributed by atoms with Crippen molar-refractivity contribution < 1.29 is 18.1 Å². The molecule has 0 radical (unpaired) electrons. The van der Waals surface area contributed by atoms with Crippen molar-refractivity contribution >= 4 is 0 Å². The van der Waals surface area contributed by atoms with Crippen LogP contribution in [-0.2, 0) is 12.6 Å². The fourth-order valence-electron chi connectivity index (χ4n) is 1.08. The summed E-state index contributed by atoms with van der Waals surface area (Å²) >= 11 is 0. The van der Waals surface area contributed by atoms with Gasteiger partial charge in [0.25, 0.3) is 0 Å². The topological polar surface area (TPSA) is 43.1 Å². The smallest absolute Gasteiger partial charge is 0.265 e. The second kappa shape index (κ2) is 4.29. The van der Waals surface area contributed by atoms with E-state index in [0.29, 0.717) is 5.56 Å². The third-order valence-electron chi connectivity index (χ3n) is 1.86. The summed E-state index contributed by atoms with van der Waals surface area (Å²) in [5, 5.41) is 10.0. The van der Waals surface area contributed by atoms with Crippen LogP contribution in [0.3, 0.4) is 0 Å². The summed E-state index contributed by atoms with van der Waals surface area (Å²) in [6.45, 7) is -0.272. The molecule has 0 saturated heterocycles. The Kier molecular flexibility index (Phi) is 3.28. The number of hydrogen-bond donors (Lipinski definition) is 0. The maximum absolute atomic E-state index is 12.1. The maximum Gasteiger partial charge on any atom is 0.416 e. The fraction of sp³-hybridized carbons (Fsp3) is 0.333. The lowest BCUT2D eigenvalue weighted by Gasteiger charge is -2.06. The molecule has 15 heavy (non-hydrogen) atoms. The summed E-state index contributed by atoms with van der Waals surface area (Å²) in [6, 6.07) is 4.36. The molecule has 82 valence electrons. The second-order valence-corrected chi connectivity index (χ2v) is 3.00. The highest BCUT2D eigenvalue weighted by molar-refractivity contribution is 5.24. The van der Waals surface area contributed by atoms with E-state index in [4.69, 9.17) is 0 Å². The Labute approximate surface area is 83.7 Å². The number of rotatable bonds is 3. The van der Waals surface area contributed by atoms with Crippen molar-refractivity contribution in [2.45, 2.75) is 12.6 Å². The molecular formula is C9H8F3NO2. The zero-order chi connectivity index (χ0) is 11.5. The highest BCUT2D eigenvalue weighted by Crippen LogP contribution is 2.29. The first-order valence-electron chi connectivity index (χ1n) is 4.17. The van der Waals surface area contributed by atoms with E-state index < -0.39 is 16.7 Å². The standard InChI is InChI=1S/C9H8F3NO2/c10-9(11,12)8-3-1-7(2-4-8)5-6-13(14)15/h1-4H,5-6H2. The van der Waals surface area contributed by atoms with Crippen molar-refractivity contribution in [3.63, 3.8) is 0 Å². The van der Waals surface area contributed by atoms with Gasteiger partial charge in [0, 0.05) is 11.3 Å². The number of nitro groups is 1. The largest absolute Gasteiger partial charge is 0.416 e. The Hall–Kier alpha value is -1.59. The van der Waals surface area contributed by atoms with E-state index in [1.807, 2.05) is 0 Å². The van der Waals surface area contributed by atoms with Gasteiger partial charge in [-0.15, -0.1) is 0 Å². The Morgan fingerprint density at radius 3 is 2.13 bits per heavy atom. The Morgan fingerprint density at radius 2 is 1.73 bits per heavy atom. The molecule has 0 spiro atoms. The number of halogens is 3. The SMILES string of the molecule is O=[N+]([O-])CCc1ccc(C(F)(F)F)cc1. The predicted molar refractivity (Wildman–Crippen MR) is 47.0 cm³/mol. The summed E-state index contributed by atoms with van der Waals surface area (Å²) in [7, 11) is 0. The number of hydrogen-bond acceptors (Lipinski definition) is 2. The van der Waals surface area contributed by atoms with Crippen LogP contribution in [-0.4, -0.2) is 11.5 Å². The molecule has 3 nitrogen and oxygen atoms in total. The van der Waals surface area contributed by atoms with E-state index >= 15 is 0 Å². The van der Waals surface area contributed by atoms with Gasteiger partial charge in [-0.25, -0.2) is 0 Å². The van der Waals surface area contributed by atoms with Crippen molar-refractivity contribution in [3.8, 4) is 0 Å². The van der Waals surface area contributed by atoms with Crippen LogP contribution in [0.25, 0.3) is 0 Å². The molecule has 0 amide bonds. The van der Waals surface area contributed by atoms with E-state index in [2.05, 4.69) is 0 Å². The molecule has 0 atom stereocenters. The molecule has 0 fully saturated rings. The van der Waals surface area contributed by atoms with Crippen LogP contribution in [0, 0.1) is 10.1 Å². The average Bonchev–Trinajstić information content (AvgIpc) is 2.14. The molecule has 0 bridgehead atoms. The van der Waals surface area contributed by atoms with Gasteiger partial charge in [0.05, 0.1) is 5.56 Å². The van der Waals surface area contributed by atoms with Crippen LogP contribution in [0.4, 0.5) is 13.2 Å². The van der Waals surface area contributed by atoms with Crippen molar-refractivity contribution in [2.75, 3.05) is 6.54 Å². The zero-order valence-electron chi connectivity index (χ0n) is 7.62. The van der Waals surface area contributed by atoms with Crippen LogP contribution in [0.1, 0.15) is 11.1 Å². The van der Waals surface area contributed by atoms with Crippen molar-refractivity contribution in [2.24, 2.45) is 0 Å². The molecule has 1 rings (SSSR count). The summed E-state index contributed by atoms with van der Waals surface area (Å²) in [5.74, 6) is 0. The summed E-state index contributed by atoms with van der Waals surface area (Å²) in [5.41, 5.74) is -0.216. The van der Waals surface area contributed by atoms with Gasteiger partial charge in [-0.1, -0.05) is 12.1 Å². The van der Waals surface area contributed by atoms with Gasteiger partial charge in [0.2, 0.25) is 6.54 Å². The molecule has 1 aromatic rings. The molecule has 0 N–H and O–H groups in total. The van der Waals surface area contributed by atoms with Crippen LogP contribution < -0.4 is 0 Å². The lowest BCUT2D eigenvalue weighted by molar-refractivity contribution is -0.479. The fourth-order valence-corrected chi connectivity index (χ4v) is 1.08. The predicted octanol–water partition coefficient (Wildman–Crippen LogP) is 2.52. The van der Waals surface area contributed by atoms with E-state index in [-0.39, 0.29) is 13.0 Å². The first-order valence-corrected chi connectivity index (χ1v) is 4.17. The van der Waals surface area contributed by atoms with Gasteiger partial charge in [0.1, 0.15) is 0 Å². The van der Waals surface area contributed by atoms with Crippen molar-refractivity contribution in [3.05, 3.63) is 45.5 Å². The van der Waals surface area contributed by atoms with Crippen LogP contribution in [0.2, 0.25) is 0 Å². The molecule has 6 heteroatoms. The molecule has 0 aliphatic rings. The molecule has 0 heterocycles. The van der Waals surface area contributed by atoms with Gasteiger partial charge in [0.15, 0.2) is 0 Å². The number of alkyl halides is 3. The quantitative estimate of drug-likeness (QED) is 0.579. The van der Waals surface area contributed by atoms with Crippen molar-refractivity contribution in [1.82, 2.24) is 0 Å². The summed E-state index contributed by atoms with van der Waals surface area (Å²) < 4.78 is 36.4. The summed E-state index contributed by atoms with van der Waals surface area (Å²) in [4.78, 5) is 9.52. The molecule has 1 aromatic carbocycles. The molecule has 0 aromatic heterocycles. The van der Waals surface area contributed by atoms with Gasteiger partial charge in [-0.3, -0.25) is 10.1 Å². The highest BCUT2D eigenvalue weighted by Gasteiger charge is 2.29.